The minimum Gasteiger partial charge on any atom is -0.461 e. The van der Waals surface area contributed by atoms with Crippen molar-refractivity contribution in [2.45, 2.75) is 19.4 Å². The van der Waals surface area contributed by atoms with Crippen LogP contribution < -0.4 is 5.56 Å². The van der Waals surface area contributed by atoms with Gasteiger partial charge in [0.25, 0.3) is 5.56 Å². The Bertz CT molecular complexity index is 900. The summed E-state index contributed by atoms with van der Waals surface area (Å²) in [5, 5.41) is 0. The number of carbonyl (C=O) groups excluding carboxylic acids is 1. The molecule has 0 aliphatic rings. The van der Waals surface area contributed by atoms with Crippen LogP contribution in [0.4, 0.5) is 0 Å². The van der Waals surface area contributed by atoms with Gasteiger partial charge in [-0.2, -0.15) is 0 Å². The van der Waals surface area contributed by atoms with E-state index in [1.54, 1.807) is 0 Å². The molecule has 0 aliphatic heterocycles. The normalized spacial score (nSPS) is 10.6. The highest BCUT2D eigenvalue weighted by atomic mass is 35.5. The third kappa shape index (κ3) is 4.81. The van der Waals surface area contributed by atoms with Gasteiger partial charge >= 0.3 is 5.97 Å². The molecule has 0 unspecified atom stereocenters. The fraction of sp³-hybridized carbons (Fsp3) is 0.158. The highest BCUT2D eigenvalue weighted by molar-refractivity contribution is 7.11. The summed E-state index contributed by atoms with van der Waals surface area (Å²) in [6.07, 6.45) is 0.908. The first-order valence-electron chi connectivity index (χ1n) is 7.79. The van der Waals surface area contributed by atoms with Gasteiger partial charge in [0.2, 0.25) is 0 Å². The van der Waals surface area contributed by atoms with Crippen LogP contribution >= 0.6 is 23.1 Å². The zero-order chi connectivity index (χ0) is 17.6. The minimum atomic E-state index is -0.228. The van der Waals surface area contributed by atoms with Crippen LogP contribution in [0.2, 0.25) is 4.34 Å². The predicted molar refractivity (Wildman–Crippen MR) is 99.5 cm³/mol. The van der Waals surface area contributed by atoms with Crippen molar-refractivity contribution in [3.05, 3.63) is 86.5 Å². The van der Waals surface area contributed by atoms with Crippen molar-refractivity contribution < 1.29 is 9.53 Å². The summed E-state index contributed by atoms with van der Waals surface area (Å²) < 4.78 is 7.25. The van der Waals surface area contributed by atoms with Crippen molar-refractivity contribution in [3.63, 3.8) is 0 Å². The summed E-state index contributed by atoms with van der Waals surface area (Å²) in [6, 6.07) is 18.5. The molecule has 0 bridgehead atoms. The molecule has 25 heavy (non-hydrogen) atoms. The van der Waals surface area contributed by atoms with Gasteiger partial charge in [0.1, 0.15) is 10.9 Å². The summed E-state index contributed by atoms with van der Waals surface area (Å²) in [5.74, 6) is -0.228. The van der Waals surface area contributed by atoms with E-state index < -0.39 is 0 Å². The molecule has 128 valence electrons. The highest BCUT2D eigenvalue weighted by Gasteiger charge is 2.07. The molecule has 1 heterocycles. The monoisotopic (exact) mass is 373 g/mol. The molecule has 0 spiro atoms. The number of aryl methyl sites for hydroxylation is 1. The Labute approximate surface area is 154 Å². The predicted octanol–water partition coefficient (Wildman–Crippen LogP) is 4.23. The zero-order valence-corrected chi connectivity index (χ0v) is 14.9. The van der Waals surface area contributed by atoms with Crippen molar-refractivity contribution in [2.75, 3.05) is 0 Å². The Morgan fingerprint density at radius 2 is 1.76 bits per heavy atom. The second kappa shape index (κ2) is 8.14. The van der Waals surface area contributed by atoms with Gasteiger partial charge in [0.05, 0.1) is 5.69 Å². The number of hydrogen-bond donors (Lipinski definition) is 0. The van der Waals surface area contributed by atoms with Crippen LogP contribution in [0.3, 0.4) is 0 Å². The van der Waals surface area contributed by atoms with E-state index in [1.807, 2.05) is 54.6 Å². The number of nitrogens with zero attached hydrogens (tertiary/aromatic N) is 1. The Morgan fingerprint density at radius 1 is 1.04 bits per heavy atom. The number of esters is 1. The molecule has 0 fully saturated rings. The lowest BCUT2D eigenvalue weighted by Crippen LogP contribution is -2.09. The third-order valence-corrected chi connectivity index (χ3v) is 4.83. The summed E-state index contributed by atoms with van der Waals surface area (Å²) in [7, 11) is 0. The van der Waals surface area contributed by atoms with Gasteiger partial charge in [-0.25, -0.2) is 3.96 Å². The lowest BCUT2D eigenvalue weighted by molar-refractivity contribution is -0.144. The maximum Gasteiger partial charge on any atom is 0.306 e. The molecule has 0 saturated carbocycles. The molecule has 3 rings (SSSR count). The summed E-state index contributed by atoms with van der Waals surface area (Å²) in [4.78, 5) is 23.6. The molecule has 0 N–H and O–H groups in total. The average molecular weight is 374 g/mol. The van der Waals surface area contributed by atoms with Crippen molar-refractivity contribution in [2.24, 2.45) is 0 Å². The minimum absolute atomic E-state index is 0.146. The average Bonchev–Trinajstić information content (AvgIpc) is 2.98. The Kier molecular flexibility index (Phi) is 5.68. The van der Waals surface area contributed by atoms with E-state index in [2.05, 4.69) is 0 Å². The van der Waals surface area contributed by atoms with Crippen molar-refractivity contribution in [1.29, 1.82) is 0 Å². The number of rotatable bonds is 6. The largest absolute Gasteiger partial charge is 0.461 e. The van der Waals surface area contributed by atoms with Gasteiger partial charge in [0, 0.05) is 12.5 Å². The summed E-state index contributed by atoms with van der Waals surface area (Å²) in [6.45, 7) is 0.292. The quantitative estimate of drug-likeness (QED) is 0.607. The first-order valence-corrected chi connectivity index (χ1v) is 8.95. The van der Waals surface area contributed by atoms with Crippen molar-refractivity contribution in [3.8, 4) is 5.69 Å². The Morgan fingerprint density at radius 3 is 2.40 bits per heavy atom. The fourth-order valence-electron chi connectivity index (χ4n) is 2.35. The molecule has 0 radical (unpaired) electrons. The van der Waals surface area contributed by atoms with Crippen LogP contribution in [0.5, 0.6) is 0 Å². The van der Waals surface area contributed by atoms with Crippen LogP contribution in [-0.4, -0.2) is 9.93 Å². The van der Waals surface area contributed by atoms with E-state index in [1.165, 1.54) is 21.6 Å². The van der Waals surface area contributed by atoms with E-state index in [4.69, 9.17) is 16.3 Å². The van der Waals surface area contributed by atoms with Crippen LogP contribution in [-0.2, 0) is 22.6 Å². The molecule has 1 aromatic heterocycles. The maximum absolute atomic E-state index is 11.8. The molecule has 4 nitrogen and oxygen atoms in total. The Balaban J connectivity index is 1.52. The number of aromatic nitrogens is 1. The second-order valence-electron chi connectivity index (χ2n) is 5.49. The third-order valence-electron chi connectivity index (χ3n) is 3.65. The first-order chi connectivity index (χ1) is 12.1. The summed E-state index contributed by atoms with van der Waals surface area (Å²) >= 11 is 7.04. The van der Waals surface area contributed by atoms with E-state index in [-0.39, 0.29) is 11.5 Å². The maximum atomic E-state index is 11.8. The SMILES string of the molecule is O=C(CCc1ccc(-n2sc(Cl)cc2=O)cc1)OCc1ccccc1. The van der Waals surface area contributed by atoms with Crippen LogP contribution in [0.15, 0.2) is 65.5 Å². The number of carbonyl (C=O) groups is 1. The van der Waals surface area contributed by atoms with E-state index in [0.29, 0.717) is 23.8 Å². The molecular formula is C19H16ClNO3S. The number of ether oxygens (including phenoxy) is 1. The fourth-order valence-corrected chi connectivity index (χ4v) is 3.35. The first kappa shape index (κ1) is 17.5. The van der Waals surface area contributed by atoms with Crippen molar-refractivity contribution >= 4 is 29.1 Å². The van der Waals surface area contributed by atoms with E-state index in [0.717, 1.165) is 16.8 Å². The van der Waals surface area contributed by atoms with E-state index >= 15 is 0 Å². The highest BCUT2D eigenvalue weighted by Crippen LogP contribution is 2.18. The van der Waals surface area contributed by atoms with Crippen LogP contribution in [0.25, 0.3) is 5.69 Å². The second-order valence-corrected chi connectivity index (χ2v) is 7.10. The lowest BCUT2D eigenvalue weighted by Gasteiger charge is -2.06. The molecule has 0 atom stereocenters. The van der Waals surface area contributed by atoms with Gasteiger partial charge in [-0.15, -0.1) is 0 Å². The molecule has 2 aromatic carbocycles. The van der Waals surface area contributed by atoms with Gasteiger partial charge in [-0.1, -0.05) is 54.1 Å². The molecule has 0 amide bonds. The molecule has 0 saturated heterocycles. The van der Waals surface area contributed by atoms with Crippen LogP contribution in [0.1, 0.15) is 17.5 Å². The molecule has 3 aromatic rings. The smallest absolute Gasteiger partial charge is 0.306 e. The van der Waals surface area contributed by atoms with Gasteiger partial charge in [-0.05, 0) is 41.2 Å². The number of hydrogen-bond acceptors (Lipinski definition) is 4. The zero-order valence-electron chi connectivity index (χ0n) is 13.4. The standard InChI is InChI=1S/C19H16ClNO3S/c20-17-12-18(22)21(25-17)16-9-6-14(7-10-16)8-11-19(23)24-13-15-4-2-1-3-5-15/h1-7,9-10,12H,8,11,13H2. The van der Waals surface area contributed by atoms with Gasteiger partial charge in [-0.3, -0.25) is 9.59 Å². The lowest BCUT2D eigenvalue weighted by atomic mass is 10.1. The molecule has 0 aliphatic carbocycles. The van der Waals surface area contributed by atoms with E-state index in [9.17, 15) is 9.59 Å². The molecular weight excluding hydrogens is 358 g/mol. The summed E-state index contributed by atoms with van der Waals surface area (Å²) in [5.41, 5.74) is 2.60. The number of benzene rings is 2. The van der Waals surface area contributed by atoms with Gasteiger partial charge < -0.3 is 4.74 Å². The van der Waals surface area contributed by atoms with Gasteiger partial charge in [0.15, 0.2) is 0 Å². The van der Waals surface area contributed by atoms with Crippen molar-refractivity contribution in [1.82, 2.24) is 3.96 Å². The topological polar surface area (TPSA) is 48.3 Å². The number of halogens is 1. The van der Waals surface area contributed by atoms with Crippen LogP contribution in [0, 0.1) is 0 Å². The molecule has 6 heteroatoms. The Hall–Kier alpha value is -2.37.